The highest BCUT2D eigenvalue weighted by atomic mass is 19.4. The molecule has 10 nitrogen and oxygen atoms in total. The van der Waals surface area contributed by atoms with Crippen molar-refractivity contribution in [2.45, 2.75) is 44.6 Å². The zero-order chi connectivity index (χ0) is 34.3. The van der Waals surface area contributed by atoms with Gasteiger partial charge in [0.1, 0.15) is 6.54 Å². The topological polar surface area (TPSA) is 135 Å². The molecule has 0 fully saturated rings. The van der Waals surface area contributed by atoms with Gasteiger partial charge in [0, 0.05) is 16.9 Å². The number of nitriles is 1. The summed E-state index contributed by atoms with van der Waals surface area (Å²) in [7, 11) is 0. The maximum Gasteiger partial charge on any atom is 0.416 e. The third-order valence-corrected chi connectivity index (χ3v) is 7.37. The Bertz CT molecular complexity index is 1790. The summed E-state index contributed by atoms with van der Waals surface area (Å²) >= 11 is 0. The highest BCUT2D eigenvalue weighted by molar-refractivity contribution is 6.06. The molecule has 3 aromatic carbocycles. The van der Waals surface area contributed by atoms with Crippen molar-refractivity contribution in [1.29, 1.82) is 5.26 Å². The summed E-state index contributed by atoms with van der Waals surface area (Å²) in [5.41, 5.74) is -0.0630. The number of aliphatic imine (C=N–C) groups is 1. The fraction of sp³-hybridized carbons (Fsp3) is 0.250. The Hall–Kier alpha value is -5.72. The van der Waals surface area contributed by atoms with Gasteiger partial charge in [0.05, 0.1) is 23.7 Å². The summed E-state index contributed by atoms with van der Waals surface area (Å²) in [5, 5.41) is 27.3. The van der Waals surface area contributed by atoms with Crippen LogP contribution in [0.25, 0.3) is 5.57 Å². The number of allylic oxidation sites excluding steroid dienone is 2. The van der Waals surface area contributed by atoms with Crippen LogP contribution < -0.4 is 15.5 Å². The molecule has 0 unspecified atom stereocenters. The van der Waals surface area contributed by atoms with Crippen LogP contribution in [-0.2, 0) is 18.9 Å². The number of nitrogens with zero attached hydrogens (tertiary/aromatic N) is 6. The number of halogens is 6. The van der Waals surface area contributed by atoms with Gasteiger partial charge in [-0.15, -0.1) is 5.10 Å². The van der Waals surface area contributed by atoms with Gasteiger partial charge in [-0.3, -0.25) is 10.1 Å². The Labute approximate surface area is 270 Å². The first-order valence-corrected chi connectivity index (χ1v) is 14.6. The van der Waals surface area contributed by atoms with Crippen molar-refractivity contribution in [3.8, 4) is 6.07 Å². The summed E-state index contributed by atoms with van der Waals surface area (Å²) in [6, 6.07) is 16.5. The highest BCUT2D eigenvalue weighted by Gasteiger charge is 2.37. The lowest BCUT2D eigenvalue weighted by Crippen LogP contribution is -2.36. The Morgan fingerprint density at radius 3 is 2.19 bits per heavy atom. The van der Waals surface area contributed by atoms with Crippen molar-refractivity contribution in [2.75, 3.05) is 22.1 Å². The van der Waals surface area contributed by atoms with E-state index in [0.29, 0.717) is 23.4 Å². The van der Waals surface area contributed by atoms with E-state index in [1.54, 1.807) is 24.3 Å². The van der Waals surface area contributed by atoms with Gasteiger partial charge in [0.2, 0.25) is 5.96 Å². The molecule has 248 valence electrons. The smallest absolute Gasteiger partial charge is 0.326 e. The van der Waals surface area contributed by atoms with Crippen LogP contribution >= 0.6 is 0 Å². The molecular formula is C32H27F6N9O. The summed E-state index contributed by atoms with van der Waals surface area (Å²) in [6.07, 6.45) is -3.95. The SMILES string of the molecule is N#CCN=C(Nc1cc(C(F)(F)F)cc(C(F)(F)F)c1)N(Cc1ccc(C(=O)Nc2nn[nH]n2)cc1)c1ccc(C2=CCCCC2)cc1. The normalized spacial score (nSPS) is 13.8. The number of carbonyl (C=O) groups excluding carboxylic acids is 1. The van der Waals surface area contributed by atoms with Crippen molar-refractivity contribution >= 4 is 34.8 Å². The van der Waals surface area contributed by atoms with Crippen LogP contribution in [0.15, 0.2) is 77.8 Å². The average molecular weight is 668 g/mol. The van der Waals surface area contributed by atoms with Gasteiger partial charge >= 0.3 is 12.4 Å². The van der Waals surface area contributed by atoms with E-state index >= 15 is 0 Å². The molecule has 0 spiro atoms. The van der Waals surface area contributed by atoms with Gasteiger partial charge in [0.25, 0.3) is 11.9 Å². The number of amides is 1. The molecule has 0 saturated heterocycles. The third-order valence-electron chi connectivity index (χ3n) is 7.37. The molecular weight excluding hydrogens is 640 g/mol. The predicted octanol–water partition coefficient (Wildman–Crippen LogP) is 7.45. The van der Waals surface area contributed by atoms with Crippen molar-refractivity contribution in [2.24, 2.45) is 4.99 Å². The Kier molecular flexibility index (Phi) is 10.1. The summed E-state index contributed by atoms with van der Waals surface area (Å²) in [4.78, 5) is 18.3. The fourth-order valence-electron chi connectivity index (χ4n) is 5.04. The number of aromatic nitrogens is 4. The standard InChI is InChI=1S/C32H27F6N9O/c33-31(34,35)24-16-25(32(36,37)38)18-26(17-24)41-30(40-15-14-39)47(27-12-10-22(11-13-27)21-4-2-1-3-5-21)19-20-6-8-23(9-7-20)28(48)42-29-43-45-46-44-29/h4,6-13,16-18H,1-3,5,15,19H2,(H,40,41)(H2,42,43,44,45,46,48). The Morgan fingerprint density at radius 1 is 0.938 bits per heavy atom. The number of guanidine groups is 1. The second kappa shape index (κ2) is 14.4. The number of alkyl halides is 6. The molecule has 1 amide bonds. The molecule has 48 heavy (non-hydrogen) atoms. The Morgan fingerprint density at radius 2 is 1.62 bits per heavy atom. The number of rotatable bonds is 8. The summed E-state index contributed by atoms with van der Waals surface area (Å²) in [5.74, 6) is -0.724. The van der Waals surface area contributed by atoms with Gasteiger partial charge in [-0.25, -0.2) is 4.99 Å². The second-order valence-electron chi connectivity index (χ2n) is 10.7. The molecule has 1 aliphatic carbocycles. The van der Waals surface area contributed by atoms with Gasteiger partial charge in [0.15, 0.2) is 0 Å². The number of tetrazole rings is 1. The minimum atomic E-state index is -5.07. The molecule has 1 aromatic heterocycles. The first kappa shape index (κ1) is 33.6. The number of anilines is 3. The largest absolute Gasteiger partial charge is 0.416 e. The van der Waals surface area contributed by atoms with Crippen molar-refractivity contribution < 1.29 is 31.1 Å². The van der Waals surface area contributed by atoms with Crippen LogP contribution in [0, 0.1) is 11.3 Å². The monoisotopic (exact) mass is 667 g/mol. The average Bonchev–Trinajstić information content (AvgIpc) is 3.58. The lowest BCUT2D eigenvalue weighted by atomic mass is 9.93. The molecule has 0 aliphatic heterocycles. The predicted molar refractivity (Wildman–Crippen MR) is 166 cm³/mol. The number of H-pyrrole nitrogens is 1. The van der Waals surface area contributed by atoms with Crippen LogP contribution in [0.3, 0.4) is 0 Å². The van der Waals surface area contributed by atoms with E-state index in [4.69, 9.17) is 0 Å². The van der Waals surface area contributed by atoms with Crippen molar-refractivity contribution in [1.82, 2.24) is 20.6 Å². The van der Waals surface area contributed by atoms with Crippen LogP contribution in [0.5, 0.6) is 0 Å². The lowest BCUT2D eigenvalue weighted by Gasteiger charge is -2.28. The van der Waals surface area contributed by atoms with E-state index in [2.05, 4.69) is 42.3 Å². The van der Waals surface area contributed by atoms with Crippen LogP contribution in [-0.4, -0.2) is 39.0 Å². The zero-order valence-electron chi connectivity index (χ0n) is 25.0. The molecule has 1 aliphatic rings. The number of carbonyl (C=O) groups is 1. The number of aromatic amines is 1. The summed E-state index contributed by atoms with van der Waals surface area (Å²) in [6.45, 7) is -0.457. The van der Waals surface area contributed by atoms with Crippen molar-refractivity contribution in [3.63, 3.8) is 0 Å². The highest BCUT2D eigenvalue weighted by Crippen LogP contribution is 2.38. The van der Waals surface area contributed by atoms with E-state index in [1.807, 2.05) is 18.2 Å². The number of benzene rings is 3. The molecule has 4 aromatic rings. The molecule has 0 atom stereocenters. The molecule has 5 rings (SSSR count). The second-order valence-corrected chi connectivity index (χ2v) is 10.7. The van der Waals surface area contributed by atoms with E-state index in [0.717, 1.165) is 31.2 Å². The van der Waals surface area contributed by atoms with Crippen LogP contribution in [0.1, 0.15) is 58.3 Å². The summed E-state index contributed by atoms with van der Waals surface area (Å²) < 4.78 is 81.9. The van der Waals surface area contributed by atoms with Crippen LogP contribution in [0.4, 0.5) is 43.7 Å². The first-order chi connectivity index (χ1) is 22.9. The Balaban J connectivity index is 1.51. The number of nitrogens with one attached hydrogen (secondary N) is 3. The first-order valence-electron chi connectivity index (χ1n) is 14.6. The molecule has 0 radical (unpaired) electrons. The van der Waals surface area contributed by atoms with E-state index in [1.165, 1.54) is 22.6 Å². The van der Waals surface area contributed by atoms with E-state index in [-0.39, 0.29) is 30.1 Å². The molecule has 16 heteroatoms. The maximum atomic E-state index is 13.6. The van der Waals surface area contributed by atoms with Gasteiger partial charge < -0.3 is 10.2 Å². The fourth-order valence-corrected chi connectivity index (χ4v) is 5.04. The van der Waals surface area contributed by atoms with Crippen LogP contribution in [0.2, 0.25) is 0 Å². The van der Waals surface area contributed by atoms with Gasteiger partial charge in [-0.1, -0.05) is 35.4 Å². The maximum absolute atomic E-state index is 13.6. The molecule has 1 heterocycles. The van der Waals surface area contributed by atoms with E-state index in [9.17, 15) is 36.4 Å². The zero-order valence-corrected chi connectivity index (χ0v) is 25.0. The number of hydrogen-bond acceptors (Lipinski definition) is 6. The van der Waals surface area contributed by atoms with E-state index < -0.39 is 41.6 Å². The minimum absolute atomic E-state index is 0.00284. The van der Waals surface area contributed by atoms with Gasteiger partial charge in [-0.05, 0) is 90.1 Å². The molecule has 3 N–H and O–H groups in total. The molecule has 0 bridgehead atoms. The molecule has 0 saturated carbocycles. The lowest BCUT2D eigenvalue weighted by molar-refractivity contribution is -0.143. The third kappa shape index (κ3) is 8.55. The van der Waals surface area contributed by atoms with Gasteiger partial charge in [-0.2, -0.15) is 36.8 Å². The van der Waals surface area contributed by atoms with Crippen molar-refractivity contribution in [3.05, 3.63) is 101 Å². The minimum Gasteiger partial charge on any atom is -0.326 e. The quantitative estimate of drug-likeness (QED) is 0.0769. The number of hydrogen-bond donors (Lipinski definition) is 3.